The molecule has 0 saturated heterocycles. The summed E-state index contributed by atoms with van der Waals surface area (Å²) in [6, 6.07) is 18.1. The van der Waals surface area contributed by atoms with Crippen LogP contribution in [0, 0.1) is 27.7 Å². The van der Waals surface area contributed by atoms with Gasteiger partial charge in [-0.05, 0) is 80.1 Å². The van der Waals surface area contributed by atoms with Gasteiger partial charge in [0.15, 0.2) is 0 Å². The van der Waals surface area contributed by atoms with Crippen LogP contribution in [-0.2, 0) is 21.4 Å². The fourth-order valence-corrected chi connectivity index (χ4v) is 5.74. The molecular formula is C28H34N2O4S. The standard InChI is InChI=1S/C28H34N2O4S/c1-19-12-13-26(34-6)27(14-19)35(32,33)30(17-24-10-8-7-9-11-24)18-28(31)29-23(5)25-16-21(3)20(2)15-22(25)4/h7-16,23H,17-18H2,1-6H3,(H,29,31)/t23-/m1/s1. The summed E-state index contributed by atoms with van der Waals surface area (Å²) in [5.41, 5.74) is 6.00. The molecule has 1 amide bonds. The molecule has 0 aliphatic rings. The molecule has 0 spiro atoms. The third kappa shape index (κ3) is 6.29. The van der Waals surface area contributed by atoms with Crippen molar-refractivity contribution < 1.29 is 17.9 Å². The van der Waals surface area contributed by atoms with E-state index in [0.717, 1.165) is 27.8 Å². The Morgan fingerprint density at radius 2 is 1.60 bits per heavy atom. The van der Waals surface area contributed by atoms with Gasteiger partial charge in [0.25, 0.3) is 0 Å². The molecule has 1 atom stereocenters. The van der Waals surface area contributed by atoms with Crippen LogP contribution in [0.4, 0.5) is 0 Å². The Morgan fingerprint density at radius 3 is 2.26 bits per heavy atom. The summed E-state index contributed by atoms with van der Waals surface area (Å²) in [6.07, 6.45) is 0. The number of aryl methyl sites for hydroxylation is 4. The Kier molecular flexibility index (Phi) is 8.35. The van der Waals surface area contributed by atoms with Crippen molar-refractivity contribution in [3.8, 4) is 5.75 Å². The van der Waals surface area contributed by atoms with Crippen LogP contribution in [-0.4, -0.2) is 32.3 Å². The smallest absolute Gasteiger partial charge is 0.247 e. The highest BCUT2D eigenvalue weighted by molar-refractivity contribution is 7.89. The Morgan fingerprint density at radius 1 is 0.943 bits per heavy atom. The molecule has 0 bridgehead atoms. The van der Waals surface area contributed by atoms with E-state index in [0.29, 0.717) is 0 Å². The maximum absolute atomic E-state index is 13.8. The Labute approximate surface area is 209 Å². The molecule has 6 nitrogen and oxygen atoms in total. The number of hydrogen-bond donors (Lipinski definition) is 1. The van der Waals surface area contributed by atoms with E-state index in [1.807, 2.05) is 58.0 Å². The van der Waals surface area contributed by atoms with Gasteiger partial charge in [-0.2, -0.15) is 4.31 Å². The number of carbonyl (C=O) groups is 1. The van der Waals surface area contributed by atoms with Crippen LogP contribution >= 0.6 is 0 Å². The average molecular weight is 495 g/mol. The van der Waals surface area contributed by atoms with Crippen LogP contribution in [0.3, 0.4) is 0 Å². The lowest BCUT2D eigenvalue weighted by atomic mass is 9.96. The molecule has 3 aromatic carbocycles. The highest BCUT2D eigenvalue weighted by atomic mass is 32.2. The zero-order chi connectivity index (χ0) is 25.8. The van der Waals surface area contributed by atoms with Gasteiger partial charge in [0.05, 0.1) is 19.7 Å². The predicted molar refractivity (Wildman–Crippen MR) is 139 cm³/mol. The normalized spacial score (nSPS) is 12.4. The minimum Gasteiger partial charge on any atom is -0.495 e. The van der Waals surface area contributed by atoms with Gasteiger partial charge in [-0.25, -0.2) is 8.42 Å². The summed E-state index contributed by atoms with van der Waals surface area (Å²) in [4.78, 5) is 13.2. The van der Waals surface area contributed by atoms with E-state index in [2.05, 4.69) is 24.4 Å². The van der Waals surface area contributed by atoms with Gasteiger partial charge in [-0.1, -0.05) is 48.5 Å². The summed E-state index contributed by atoms with van der Waals surface area (Å²) in [5, 5.41) is 2.99. The molecule has 7 heteroatoms. The third-order valence-electron chi connectivity index (χ3n) is 6.19. The Bertz CT molecular complexity index is 1300. The molecule has 0 saturated carbocycles. The molecule has 0 fully saturated rings. The second kappa shape index (κ2) is 11.1. The van der Waals surface area contributed by atoms with Crippen LogP contribution < -0.4 is 10.1 Å². The molecule has 35 heavy (non-hydrogen) atoms. The predicted octanol–water partition coefficient (Wildman–Crippen LogP) is 5.00. The number of benzene rings is 3. The van der Waals surface area contributed by atoms with Crippen molar-refractivity contribution in [2.45, 2.75) is 52.1 Å². The van der Waals surface area contributed by atoms with E-state index in [1.54, 1.807) is 18.2 Å². The zero-order valence-electron chi connectivity index (χ0n) is 21.3. The maximum atomic E-state index is 13.8. The molecule has 0 heterocycles. The number of sulfonamides is 1. The number of nitrogens with zero attached hydrogens (tertiary/aromatic N) is 1. The van der Waals surface area contributed by atoms with Gasteiger partial charge >= 0.3 is 0 Å². The molecule has 0 aliphatic heterocycles. The van der Waals surface area contributed by atoms with Crippen molar-refractivity contribution in [3.63, 3.8) is 0 Å². The largest absolute Gasteiger partial charge is 0.495 e. The number of hydrogen-bond acceptors (Lipinski definition) is 4. The van der Waals surface area contributed by atoms with Crippen LogP contribution in [0.2, 0.25) is 0 Å². The van der Waals surface area contributed by atoms with Gasteiger partial charge in [0, 0.05) is 6.54 Å². The molecule has 0 radical (unpaired) electrons. The van der Waals surface area contributed by atoms with Crippen molar-refractivity contribution >= 4 is 15.9 Å². The maximum Gasteiger partial charge on any atom is 0.247 e. The summed E-state index contributed by atoms with van der Waals surface area (Å²) in [6.45, 7) is 9.58. The molecule has 1 N–H and O–H groups in total. The van der Waals surface area contributed by atoms with E-state index in [-0.39, 0.29) is 35.7 Å². The van der Waals surface area contributed by atoms with Crippen molar-refractivity contribution in [1.82, 2.24) is 9.62 Å². The number of amides is 1. The molecule has 0 unspecified atom stereocenters. The minimum atomic E-state index is -4.03. The SMILES string of the molecule is COc1ccc(C)cc1S(=O)(=O)N(CC(=O)N[C@H](C)c1cc(C)c(C)cc1C)Cc1ccccc1. The van der Waals surface area contributed by atoms with Gasteiger partial charge in [-0.15, -0.1) is 0 Å². The second-order valence-electron chi connectivity index (χ2n) is 9.00. The van der Waals surface area contributed by atoms with E-state index in [4.69, 9.17) is 4.74 Å². The number of nitrogens with one attached hydrogen (secondary N) is 1. The molecule has 3 aromatic rings. The van der Waals surface area contributed by atoms with Gasteiger partial charge in [-0.3, -0.25) is 4.79 Å². The van der Waals surface area contributed by atoms with E-state index < -0.39 is 10.0 Å². The van der Waals surface area contributed by atoms with Gasteiger partial charge < -0.3 is 10.1 Å². The monoisotopic (exact) mass is 494 g/mol. The molecule has 186 valence electrons. The lowest BCUT2D eigenvalue weighted by Crippen LogP contribution is -2.41. The van der Waals surface area contributed by atoms with Crippen molar-refractivity contribution in [3.05, 3.63) is 94.0 Å². The van der Waals surface area contributed by atoms with Crippen LogP contribution in [0.15, 0.2) is 65.6 Å². The third-order valence-corrected chi connectivity index (χ3v) is 8.00. The summed E-state index contributed by atoms with van der Waals surface area (Å²) < 4.78 is 34.1. The molecule has 0 aromatic heterocycles. The number of carbonyl (C=O) groups excluding carboxylic acids is 1. The lowest BCUT2D eigenvalue weighted by Gasteiger charge is -2.25. The summed E-state index contributed by atoms with van der Waals surface area (Å²) in [5.74, 6) is -0.130. The minimum absolute atomic E-state index is 0.0433. The lowest BCUT2D eigenvalue weighted by molar-refractivity contribution is -0.122. The van der Waals surface area contributed by atoms with E-state index in [1.165, 1.54) is 17.0 Å². The number of ether oxygens (including phenoxy) is 1. The average Bonchev–Trinajstić information content (AvgIpc) is 2.81. The first-order valence-electron chi connectivity index (χ1n) is 11.6. The quantitative estimate of drug-likeness (QED) is 0.454. The topological polar surface area (TPSA) is 75.7 Å². The highest BCUT2D eigenvalue weighted by Crippen LogP contribution is 2.29. The summed E-state index contributed by atoms with van der Waals surface area (Å²) in [7, 11) is -2.60. The summed E-state index contributed by atoms with van der Waals surface area (Å²) >= 11 is 0. The molecular weight excluding hydrogens is 460 g/mol. The first-order chi connectivity index (χ1) is 16.5. The van der Waals surface area contributed by atoms with E-state index >= 15 is 0 Å². The fraction of sp³-hybridized carbons (Fsp3) is 0.321. The van der Waals surface area contributed by atoms with Crippen LogP contribution in [0.5, 0.6) is 5.75 Å². The first kappa shape index (κ1) is 26.4. The van der Waals surface area contributed by atoms with Gasteiger partial charge in [0.1, 0.15) is 10.6 Å². The van der Waals surface area contributed by atoms with Crippen molar-refractivity contribution in [1.29, 1.82) is 0 Å². The van der Waals surface area contributed by atoms with Crippen LogP contribution in [0.25, 0.3) is 0 Å². The first-order valence-corrected chi connectivity index (χ1v) is 13.0. The Hall–Kier alpha value is -3.16. The molecule has 3 rings (SSSR count). The molecule has 0 aliphatic carbocycles. The second-order valence-corrected chi connectivity index (χ2v) is 10.9. The zero-order valence-corrected chi connectivity index (χ0v) is 22.1. The van der Waals surface area contributed by atoms with Crippen molar-refractivity contribution in [2.75, 3.05) is 13.7 Å². The van der Waals surface area contributed by atoms with E-state index in [9.17, 15) is 13.2 Å². The van der Waals surface area contributed by atoms with Crippen LogP contribution in [0.1, 0.15) is 46.3 Å². The fourth-order valence-electron chi connectivity index (χ4n) is 4.11. The highest BCUT2D eigenvalue weighted by Gasteiger charge is 2.30. The van der Waals surface area contributed by atoms with Gasteiger partial charge in [0.2, 0.25) is 15.9 Å². The number of methoxy groups -OCH3 is 1. The Balaban J connectivity index is 1.91. The number of rotatable bonds is 9. The van der Waals surface area contributed by atoms with Crippen molar-refractivity contribution in [2.24, 2.45) is 0 Å².